The van der Waals surface area contributed by atoms with Crippen LogP contribution in [0.5, 0.6) is 0 Å². The molecule has 2 unspecified atom stereocenters. The molecule has 2 fully saturated rings. The van der Waals surface area contributed by atoms with Gasteiger partial charge in [-0.2, -0.15) is 13.2 Å². The number of piperidine rings is 1. The normalized spacial score (nSPS) is 23.7. The molecule has 1 aromatic rings. The highest BCUT2D eigenvalue weighted by atomic mass is 35.5. The second-order valence-electron chi connectivity index (χ2n) is 7.14. The summed E-state index contributed by atoms with van der Waals surface area (Å²) in [6.45, 7) is 3.56. The van der Waals surface area contributed by atoms with Crippen molar-refractivity contribution in [2.24, 2.45) is 17.8 Å². The summed E-state index contributed by atoms with van der Waals surface area (Å²) in [5.74, 6) is -0.692. The number of carbonyl (C=O) groups excluding carboxylic acids is 2. The van der Waals surface area contributed by atoms with Gasteiger partial charge in [-0.3, -0.25) is 9.59 Å². The van der Waals surface area contributed by atoms with E-state index in [-0.39, 0.29) is 17.5 Å². The highest BCUT2D eigenvalue weighted by Gasteiger charge is 2.49. The fourth-order valence-corrected chi connectivity index (χ4v) is 3.50. The largest absolute Gasteiger partial charge is 0.417 e. The lowest BCUT2D eigenvalue weighted by atomic mass is 9.99. The molecule has 8 heteroatoms. The Morgan fingerprint density at radius 2 is 1.85 bits per heavy atom. The maximum absolute atomic E-state index is 12.9. The summed E-state index contributed by atoms with van der Waals surface area (Å²) in [6.07, 6.45) is -2.24. The van der Waals surface area contributed by atoms with Crippen LogP contribution in [0.3, 0.4) is 0 Å². The summed E-state index contributed by atoms with van der Waals surface area (Å²) in [4.78, 5) is 26.5. The van der Waals surface area contributed by atoms with Crippen LogP contribution in [0.25, 0.3) is 0 Å². The van der Waals surface area contributed by atoms with Gasteiger partial charge in [0.05, 0.1) is 22.4 Å². The lowest BCUT2D eigenvalue weighted by Gasteiger charge is -2.30. The molecular formula is C18H20ClF3N2O2. The number of amides is 2. The molecule has 4 nitrogen and oxygen atoms in total. The van der Waals surface area contributed by atoms with E-state index in [2.05, 4.69) is 12.2 Å². The number of rotatable bonds is 3. The van der Waals surface area contributed by atoms with Crippen molar-refractivity contribution in [3.05, 3.63) is 28.8 Å². The van der Waals surface area contributed by atoms with E-state index >= 15 is 0 Å². The second kappa shape index (κ2) is 7.10. The maximum Gasteiger partial charge on any atom is 0.417 e. The average Bonchev–Trinajstić information content (AvgIpc) is 3.36. The average molecular weight is 389 g/mol. The number of nitrogens with zero attached hydrogens (tertiary/aromatic N) is 1. The van der Waals surface area contributed by atoms with Crippen molar-refractivity contribution in [3.8, 4) is 0 Å². The Hall–Kier alpha value is -1.76. The van der Waals surface area contributed by atoms with E-state index < -0.39 is 28.6 Å². The van der Waals surface area contributed by atoms with Crippen molar-refractivity contribution < 1.29 is 22.8 Å². The summed E-state index contributed by atoms with van der Waals surface area (Å²) in [5.41, 5.74) is -0.973. The van der Waals surface area contributed by atoms with Crippen LogP contribution >= 0.6 is 11.6 Å². The van der Waals surface area contributed by atoms with Crippen LogP contribution in [-0.2, 0) is 15.8 Å². The Morgan fingerprint density at radius 3 is 2.46 bits per heavy atom. The molecular weight excluding hydrogens is 369 g/mol. The van der Waals surface area contributed by atoms with Gasteiger partial charge < -0.3 is 10.2 Å². The van der Waals surface area contributed by atoms with Gasteiger partial charge in [-0.15, -0.1) is 0 Å². The SMILES string of the molecule is CC1CCN(C(=O)C2CC2C(=O)Nc2ccc(Cl)c(C(F)(F)F)c2)CC1. The molecule has 26 heavy (non-hydrogen) atoms. The molecule has 0 aromatic heterocycles. The number of halogens is 4. The molecule has 2 amide bonds. The molecule has 1 heterocycles. The van der Waals surface area contributed by atoms with Gasteiger partial charge in [-0.05, 0) is 43.4 Å². The first kappa shape index (κ1) is 19.0. The van der Waals surface area contributed by atoms with Crippen molar-refractivity contribution in [1.82, 2.24) is 4.90 Å². The van der Waals surface area contributed by atoms with Crippen LogP contribution in [0.1, 0.15) is 31.7 Å². The number of nitrogens with one attached hydrogen (secondary N) is 1. The Kier molecular flexibility index (Phi) is 5.19. The lowest BCUT2D eigenvalue weighted by Crippen LogP contribution is -2.39. The van der Waals surface area contributed by atoms with Crippen LogP contribution in [0, 0.1) is 17.8 Å². The molecule has 0 radical (unpaired) electrons. The second-order valence-corrected chi connectivity index (χ2v) is 7.55. The Labute approximate surface area is 154 Å². The zero-order valence-corrected chi connectivity index (χ0v) is 15.0. The fraction of sp³-hybridized carbons (Fsp3) is 0.556. The van der Waals surface area contributed by atoms with Crippen LogP contribution in [-0.4, -0.2) is 29.8 Å². The van der Waals surface area contributed by atoms with Gasteiger partial charge in [-0.25, -0.2) is 0 Å². The van der Waals surface area contributed by atoms with E-state index in [1.165, 1.54) is 6.07 Å². The van der Waals surface area contributed by atoms with Crippen LogP contribution in [0.15, 0.2) is 18.2 Å². The molecule has 1 aliphatic carbocycles. The molecule has 142 valence electrons. The number of hydrogen-bond acceptors (Lipinski definition) is 2. The van der Waals surface area contributed by atoms with Gasteiger partial charge in [0.15, 0.2) is 0 Å². The first-order valence-electron chi connectivity index (χ1n) is 8.63. The van der Waals surface area contributed by atoms with E-state index in [0.29, 0.717) is 25.4 Å². The van der Waals surface area contributed by atoms with Crippen molar-refractivity contribution in [3.63, 3.8) is 0 Å². The number of likely N-dealkylation sites (tertiary alicyclic amines) is 1. The summed E-state index contributed by atoms with van der Waals surface area (Å²) in [7, 11) is 0. The third-order valence-corrected chi connectivity index (χ3v) is 5.41. The Morgan fingerprint density at radius 1 is 1.19 bits per heavy atom. The van der Waals surface area contributed by atoms with E-state index in [9.17, 15) is 22.8 Å². The van der Waals surface area contributed by atoms with Crippen LogP contribution < -0.4 is 5.32 Å². The Balaban J connectivity index is 1.59. The summed E-state index contributed by atoms with van der Waals surface area (Å²) >= 11 is 5.57. The monoisotopic (exact) mass is 388 g/mol. The summed E-state index contributed by atoms with van der Waals surface area (Å²) in [5, 5.41) is 2.05. The minimum absolute atomic E-state index is 0.0239. The zero-order chi connectivity index (χ0) is 19.1. The van der Waals surface area contributed by atoms with Gasteiger partial charge in [0.2, 0.25) is 11.8 Å². The number of benzene rings is 1. The van der Waals surface area contributed by atoms with Crippen molar-refractivity contribution >= 4 is 29.1 Å². The number of carbonyl (C=O) groups is 2. The van der Waals surface area contributed by atoms with E-state index in [1.54, 1.807) is 4.90 Å². The van der Waals surface area contributed by atoms with E-state index in [4.69, 9.17) is 11.6 Å². The molecule has 1 saturated carbocycles. The third kappa shape index (κ3) is 4.14. The van der Waals surface area contributed by atoms with Crippen molar-refractivity contribution in [1.29, 1.82) is 0 Å². The lowest BCUT2D eigenvalue weighted by molar-refractivity contribution is -0.137. The van der Waals surface area contributed by atoms with Gasteiger partial charge in [0.25, 0.3) is 0 Å². The van der Waals surface area contributed by atoms with Crippen LogP contribution in [0.2, 0.25) is 5.02 Å². The predicted molar refractivity (Wildman–Crippen MR) is 91.7 cm³/mol. The molecule has 2 aliphatic rings. The van der Waals surface area contributed by atoms with Gasteiger partial charge in [0, 0.05) is 18.8 Å². The molecule has 1 saturated heterocycles. The number of alkyl halides is 3. The van der Waals surface area contributed by atoms with Gasteiger partial charge in [0.1, 0.15) is 0 Å². The van der Waals surface area contributed by atoms with Gasteiger partial charge >= 0.3 is 6.18 Å². The van der Waals surface area contributed by atoms with Crippen LogP contribution in [0.4, 0.5) is 18.9 Å². The molecule has 3 rings (SSSR count). The highest BCUT2D eigenvalue weighted by molar-refractivity contribution is 6.31. The number of hydrogen-bond donors (Lipinski definition) is 1. The number of anilines is 1. The van der Waals surface area contributed by atoms with Crippen molar-refractivity contribution in [2.45, 2.75) is 32.4 Å². The van der Waals surface area contributed by atoms with E-state index in [0.717, 1.165) is 25.0 Å². The zero-order valence-electron chi connectivity index (χ0n) is 14.3. The van der Waals surface area contributed by atoms with Gasteiger partial charge in [-0.1, -0.05) is 18.5 Å². The molecule has 2 atom stereocenters. The summed E-state index contributed by atoms with van der Waals surface area (Å²) < 4.78 is 38.7. The molecule has 1 aromatic carbocycles. The Bertz CT molecular complexity index is 715. The molecule has 1 N–H and O–H groups in total. The maximum atomic E-state index is 12.9. The highest BCUT2D eigenvalue weighted by Crippen LogP contribution is 2.42. The fourth-order valence-electron chi connectivity index (χ4n) is 3.28. The first-order chi connectivity index (χ1) is 12.2. The standard InChI is InChI=1S/C18H20ClF3N2O2/c1-10-4-6-24(7-5-10)17(26)13-9-12(13)16(25)23-11-2-3-15(19)14(8-11)18(20,21)22/h2-3,8,10,12-13H,4-7,9H2,1H3,(H,23,25). The van der Waals surface area contributed by atoms with E-state index in [1.807, 2.05) is 0 Å². The quantitative estimate of drug-likeness (QED) is 0.844. The third-order valence-electron chi connectivity index (χ3n) is 5.08. The predicted octanol–water partition coefficient (Wildman–Crippen LogP) is 4.19. The smallest absolute Gasteiger partial charge is 0.342 e. The molecule has 1 aliphatic heterocycles. The molecule has 0 spiro atoms. The van der Waals surface area contributed by atoms with Crippen molar-refractivity contribution in [2.75, 3.05) is 18.4 Å². The summed E-state index contributed by atoms with van der Waals surface area (Å²) in [6, 6.07) is 3.23. The molecule has 0 bridgehead atoms. The minimum atomic E-state index is -4.60. The topological polar surface area (TPSA) is 49.4 Å². The first-order valence-corrected chi connectivity index (χ1v) is 9.01. The minimum Gasteiger partial charge on any atom is -0.342 e.